The minimum atomic E-state index is -1.92. The molecule has 0 saturated heterocycles. The second-order valence-electron chi connectivity index (χ2n) is 8.12. The first kappa shape index (κ1) is 21.2. The van der Waals surface area contributed by atoms with Gasteiger partial charge in [-0.3, -0.25) is 4.79 Å². The van der Waals surface area contributed by atoms with Gasteiger partial charge < -0.3 is 13.9 Å². The van der Waals surface area contributed by atoms with Crippen LogP contribution < -0.4 is 9.47 Å². The SMILES string of the molecule is COc1cc(CO[Si](C)(C)C(C)(C)C)c(-c2ccccc2C=O)cc1OC. The maximum absolute atomic E-state index is 11.6. The normalized spacial score (nSPS) is 12.0. The number of hydrogen-bond acceptors (Lipinski definition) is 4. The fraction of sp³-hybridized carbons (Fsp3) is 0.409. The quantitative estimate of drug-likeness (QED) is 0.452. The van der Waals surface area contributed by atoms with E-state index in [1.54, 1.807) is 14.2 Å². The molecule has 0 aromatic heterocycles. The Bertz CT molecular complexity index is 806. The molecule has 146 valence electrons. The second kappa shape index (κ2) is 8.27. The van der Waals surface area contributed by atoms with E-state index in [0.717, 1.165) is 23.0 Å². The number of ether oxygens (including phenoxy) is 2. The van der Waals surface area contributed by atoms with E-state index in [4.69, 9.17) is 13.9 Å². The van der Waals surface area contributed by atoms with Crippen molar-refractivity contribution in [3.05, 3.63) is 47.5 Å². The van der Waals surface area contributed by atoms with Crippen LogP contribution >= 0.6 is 0 Å². The van der Waals surface area contributed by atoms with Crippen molar-refractivity contribution in [2.45, 2.75) is 45.5 Å². The maximum Gasteiger partial charge on any atom is 0.192 e. The van der Waals surface area contributed by atoms with Gasteiger partial charge in [0.2, 0.25) is 0 Å². The predicted octanol–water partition coefficient (Wildman–Crippen LogP) is 5.71. The summed E-state index contributed by atoms with van der Waals surface area (Å²) in [5.41, 5.74) is 3.40. The summed E-state index contributed by atoms with van der Waals surface area (Å²) in [7, 11) is 1.31. The maximum atomic E-state index is 11.6. The van der Waals surface area contributed by atoms with Crippen LogP contribution in [0.25, 0.3) is 11.1 Å². The summed E-state index contributed by atoms with van der Waals surface area (Å²) in [5.74, 6) is 1.28. The van der Waals surface area contributed by atoms with Crippen LogP contribution in [0.5, 0.6) is 11.5 Å². The molecule has 2 aromatic rings. The topological polar surface area (TPSA) is 44.8 Å². The largest absolute Gasteiger partial charge is 0.493 e. The summed E-state index contributed by atoms with van der Waals surface area (Å²) >= 11 is 0. The highest BCUT2D eigenvalue weighted by Gasteiger charge is 2.37. The molecule has 27 heavy (non-hydrogen) atoms. The minimum absolute atomic E-state index is 0.115. The van der Waals surface area contributed by atoms with Crippen molar-refractivity contribution in [1.29, 1.82) is 0 Å². The van der Waals surface area contributed by atoms with E-state index >= 15 is 0 Å². The van der Waals surface area contributed by atoms with E-state index in [2.05, 4.69) is 33.9 Å². The highest BCUT2D eigenvalue weighted by molar-refractivity contribution is 6.74. The molecule has 0 spiro atoms. The van der Waals surface area contributed by atoms with Gasteiger partial charge in [-0.1, -0.05) is 45.0 Å². The van der Waals surface area contributed by atoms with Crippen LogP contribution in [0.2, 0.25) is 18.1 Å². The number of hydrogen-bond donors (Lipinski definition) is 0. The van der Waals surface area contributed by atoms with E-state index in [0.29, 0.717) is 23.7 Å². The summed E-state index contributed by atoms with van der Waals surface area (Å²) < 4.78 is 17.4. The number of aldehydes is 1. The second-order valence-corrected chi connectivity index (χ2v) is 12.9. The molecule has 2 aromatic carbocycles. The zero-order valence-corrected chi connectivity index (χ0v) is 18.4. The third-order valence-corrected chi connectivity index (χ3v) is 9.86. The lowest BCUT2D eigenvalue weighted by Crippen LogP contribution is -2.40. The average molecular weight is 387 g/mol. The van der Waals surface area contributed by atoms with E-state index < -0.39 is 8.32 Å². The van der Waals surface area contributed by atoms with Crippen LogP contribution in [-0.4, -0.2) is 28.8 Å². The van der Waals surface area contributed by atoms with E-state index in [1.165, 1.54) is 0 Å². The van der Waals surface area contributed by atoms with E-state index in [1.807, 2.05) is 36.4 Å². The fourth-order valence-corrected chi connectivity index (χ4v) is 3.56. The molecule has 5 heteroatoms. The van der Waals surface area contributed by atoms with E-state index in [-0.39, 0.29) is 5.04 Å². The Hall–Kier alpha value is -2.11. The van der Waals surface area contributed by atoms with Gasteiger partial charge >= 0.3 is 0 Å². The summed E-state index contributed by atoms with van der Waals surface area (Å²) in [6.45, 7) is 11.6. The van der Waals surface area contributed by atoms with Gasteiger partial charge in [-0.05, 0) is 47.0 Å². The number of methoxy groups -OCH3 is 2. The molecule has 0 aliphatic rings. The number of carbonyl (C=O) groups excluding carboxylic acids is 1. The molecule has 0 heterocycles. The van der Waals surface area contributed by atoms with Crippen molar-refractivity contribution in [3.8, 4) is 22.6 Å². The molecule has 0 bridgehead atoms. The van der Waals surface area contributed by atoms with Gasteiger partial charge in [0.15, 0.2) is 26.1 Å². The standard InChI is InChI=1S/C22H30O4Si/c1-22(2,3)27(6,7)26-15-17-12-20(24-4)21(25-5)13-19(17)18-11-9-8-10-16(18)14-23/h8-14H,15H2,1-7H3. The van der Waals surface area contributed by atoms with Crippen LogP contribution in [0.15, 0.2) is 36.4 Å². The van der Waals surface area contributed by atoms with Gasteiger partial charge in [0.25, 0.3) is 0 Å². The van der Waals surface area contributed by atoms with Crippen molar-refractivity contribution in [2.75, 3.05) is 14.2 Å². The van der Waals surface area contributed by atoms with Gasteiger partial charge in [0.05, 0.1) is 20.8 Å². The fourth-order valence-electron chi connectivity index (χ4n) is 2.61. The molecule has 0 atom stereocenters. The van der Waals surface area contributed by atoms with Crippen LogP contribution in [0.1, 0.15) is 36.7 Å². The summed E-state index contributed by atoms with van der Waals surface area (Å²) in [6.07, 6.45) is 0.879. The molecule has 4 nitrogen and oxygen atoms in total. The van der Waals surface area contributed by atoms with Crippen molar-refractivity contribution < 1.29 is 18.7 Å². The molecular formula is C22H30O4Si. The molecule has 0 aliphatic heterocycles. The Morgan fingerprint density at radius 3 is 2.11 bits per heavy atom. The molecule has 0 N–H and O–H groups in total. The summed E-state index contributed by atoms with van der Waals surface area (Å²) in [6, 6.07) is 11.4. The highest BCUT2D eigenvalue weighted by atomic mass is 28.4. The van der Waals surface area contributed by atoms with Gasteiger partial charge in [0, 0.05) is 5.56 Å². The first-order valence-electron chi connectivity index (χ1n) is 9.08. The van der Waals surface area contributed by atoms with Crippen molar-refractivity contribution >= 4 is 14.6 Å². The highest BCUT2D eigenvalue weighted by Crippen LogP contribution is 2.40. The molecule has 0 fully saturated rings. The smallest absolute Gasteiger partial charge is 0.192 e. The third-order valence-electron chi connectivity index (χ3n) is 5.38. The van der Waals surface area contributed by atoms with E-state index in [9.17, 15) is 4.79 Å². The van der Waals surface area contributed by atoms with Gasteiger partial charge in [-0.25, -0.2) is 0 Å². The Labute approximate surface area is 163 Å². The van der Waals surface area contributed by atoms with Crippen LogP contribution in [-0.2, 0) is 11.0 Å². The number of carbonyl (C=O) groups is 1. The molecule has 0 amide bonds. The lowest BCUT2D eigenvalue weighted by Gasteiger charge is -2.36. The van der Waals surface area contributed by atoms with Crippen LogP contribution in [0.3, 0.4) is 0 Å². The number of benzene rings is 2. The van der Waals surface area contributed by atoms with Crippen LogP contribution in [0, 0.1) is 0 Å². The lowest BCUT2D eigenvalue weighted by atomic mass is 9.95. The lowest BCUT2D eigenvalue weighted by molar-refractivity contribution is 0.112. The van der Waals surface area contributed by atoms with Crippen LogP contribution in [0.4, 0.5) is 0 Å². The number of rotatable bonds is 7. The van der Waals surface area contributed by atoms with Gasteiger partial charge in [-0.15, -0.1) is 0 Å². The summed E-state index contributed by atoms with van der Waals surface area (Å²) in [4.78, 5) is 11.6. The summed E-state index contributed by atoms with van der Waals surface area (Å²) in [5, 5.41) is 0.115. The molecule has 0 aliphatic carbocycles. The monoisotopic (exact) mass is 386 g/mol. The van der Waals surface area contributed by atoms with Crippen molar-refractivity contribution in [1.82, 2.24) is 0 Å². The van der Waals surface area contributed by atoms with Gasteiger partial charge in [-0.2, -0.15) is 0 Å². The van der Waals surface area contributed by atoms with Crippen molar-refractivity contribution in [3.63, 3.8) is 0 Å². The molecular weight excluding hydrogens is 356 g/mol. The first-order valence-corrected chi connectivity index (χ1v) is 12.0. The zero-order valence-electron chi connectivity index (χ0n) is 17.4. The predicted molar refractivity (Wildman–Crippen MR) is 112 cm³/mol. The molecule has 0 unspecified atom stereocenters. The Morgan fingerprint density at radius 2 is 1.56 bits per heavy atom. The minimum Gasteiger partial charge on any atom is -0.493 e. The zero-order chi connectivity index (χ0) is 20.2. The Morgan fingerprint density at radius 1 is 0.963 bits per heavy atom. The van der Waals surface area contributed by atoms with Gasteiger partial charge in [0.1, 0.15) is 0 Å². The molecule has 0 radical (unpaired) electrons. The molecule has 0 saturated carbocycles. The van der Waals surface area contributed by atoms with Crippen molar-refractivity contribution in [2.24, 2.45) is 0 Å². The average Bonchev–Trinajstić information content (AvgIpc) is 2.64. The Balaban J connectivity index is 2.56. The molecule has 2 rings (SSSR count). The first-order chi connectivity index (χ1) is 12.6. The third kappa shape index (κ3) is 4.60. The Kier molecular flexibility index (Phi) is 6.49.